The number of thioether (sulfide) groups is 1. The lowest BCUT2D eigenvalue weighted by molar-refractivity contribution is -0.136. The van der Waals surface area contributed by atoms with E-state index in [0.29, 0.717) is 21.4 Å². The fourth-order valence-corrected chi connectivity index (χ4v) is 3.33. The summed E-state index contributed by atoms with van der Waals surface area (Å²) in [5, 5.41) is 9.28. The number of halogens is 1. The number of fused-ring (bicyclic) bond motifs is 1. The monoisotopic (exact) mass is 361 g/mol. The van der Waals surface area contributed by atoms with Gasteiger partial charge in [-0.25, -0.2) is 9.97 Å². The average molecular weight is 362 g/mol. The Kier molecular flexibility index (Phi) is 4.82. The maximum absolute atomic E-state index is 12.6. The van der Waals surface area contributed by atoms with E-state index >= 15 is 0 Å². The topological polar surface area (TPSA) is 95.9 Å². The molecule has 0 radical (unpaired) electrons. The molecule has 0 aliphatic carbocycles. The van der Waals surface area contributed by atoms with Gasteiger partial charge in [0.15, 0.2) is 16.6 Å². The second-order valence-electron chi connectivity index (χ2n) is 4.99. The van der Waals surface area contributed by atoms with Crippen LogP contribution in [0.2, 0.25) is 5.02 Å². The molecule has 6 nitrogen and oxygen atoms in total. The van der Waals surface area contributed by atoms with Gasteiger partial charge in [-0.05, 0) is 36.4 Å². The number of carboxylic acids is 1. The van der Waals surface area contributed by atoms with Crippen LogP contribution in [0, 0.1) is 0 Å². The normalized spacial score (nSPS) is 12.2. The summed E-state index contributed by atoms with van der Waals surface area (Å²) in [7, 11) is 0. The van der Waals surface area contributed by atoms with Crippen molar-refractivity contribution in [2.45, 2.75) is 16.8 Å². The molecule has 0 aliphatic heterocycles. The number of benzene rings is 1. The van der Waals surface area contributed by atoms with Crippen LogP contribution in [0.25, 0.3) is 11.2 Å². The lowest BCUT2D eigenvalue weighted by Crippen LogP contribution is -2.21. The van der Waals surface area contributed by atoms with Crippen LogP contribution in [0.1, 0.15) is 16.8 Å². The number of H-pyrrole nitrogens is 1. The van der Waals surface area contributed by atoms with Gasteiger partial charge in [0.2, 0.25) is 0 Å². The number of carboxylic acid groups (broad SMARTS) is 1. The molecule has 3 aromatic rings. The summed E-state index contributed by atoms with van der Waals surface area (Å²) >= 11 is 6.90. The van der Waals surface area contributed by atoms with Crippen LogP contribution in [0.5, 0.6) is 0 Å². The van der Waals surface area contributed by atoms with Crippen LogP contribution in [-0.4, -0.2) is 37.1 Å². The molecule has 0 fully saturated rings. The second kappa shape index (κ2) is 7.02. The van der Waals surface area contributed by atoms with Crippen LogP contribution in [0.4, 0.5) is 0 Å². The molecule has 8 heteroatoms. The number of nitrogens with zero attached hydrogens (tertiary/aromatic N) is 2. The Morgan fingerprint density at radius 3 is 2.67 bits per heavy atom. The summed E-state index contributed by atoms with van der Waals surface area (Å²) in [5.74, 6) is -1.34. The maximum atomic E-state index is 12.6. The highest BCUT2D eigenvalue weighted by Gasteiger charge is 2.25. The fraction of sp³-hybridized carbons (Fsp3) is 0.125. The van der Waals surface area contributed by atoms with Crippen LogP contribution < -0.4 is 0 Å². The SMILES string of the molecule is O=C(O)CC(Sc1nc2ncccc2[nH]1)C(=O)c1ccc(Cl)cc1. The minimum absolute atomic E-state index is 0.285. The number of aliphatic carboxylic acids is 1. The molecule has 2 heterocycles. The van der Waals surface area contributed by atoms with Gasteiger partial charge in [0.25, 0.3) is 0 Å². The van der Waals surface area contributed by atoms with E-state index in [1.54, 1.807) is 36.5 Å². The zero-order chi connectivity index (χ0) is 17.1. The van der Waals surface area contributed by atoms with E-state index in [9.17, 15) is 9.59 Å². The van der Waals surface area contributed by atoms with E-state index in [1.165, 1.54) is 0 Å². The number of carbonyl (C=O) groups is 2. The number of pyridine rings is 1. The summed E-state index contributed by atoms with van der Waals surface area (Å²) in [5.41, 5.74) is 1.66. The molecule has 2 aromatic heterocycles. The van der Waals surface area contributed by atoms with E-state index < -0.39 is 11.2 Å². The van der Waals surface area contributed by atoms with Crippen molar-refractivity contribution in [3.05, 3.63) is 53.2 Å². The quantitative estimate of drug-likeness (QED) is 0.515. The van der Waals surface area contributed by atoms with Crippen molar-refractivity contribution < 1.29 is 14.7 Å². The van der Waals surface area contributed by atoms with Gasteiger partial charge in [0.05, 0.1) is 17.2 Å². The molecule has 2 N–H and O–H groups in total. The molecule has 122 valence electrons. The van der Waals surface area contributed by atoms with Crippen molar-refractivity contribution in [1.82, 2.24) is 15.0 Å². The Bertz CT molecular complexity index is 862. The minimum Gasteiger partial charge on any atom is -0.481 e. The van der Waals surface area contributed by atoms with E-state index in [-0.39, 0.29) is 12.2 Å². The minimum atomic E-state index is -1.05. The zero-order valence-electron chi connectivity index (χ0n) is 12.3. The molecular formula is C16H12ClN3O3S. The lowest BCUT2D eigenvalue weighted by atomic mass is 10.1. The number of carbonyl (C=O) groups excluding carboxylic acids is 1. The molecule has 0 amide bonds. The summed E-state index contributed by atoms with van der Waals surface area (Å²) in [6, 6.07) is 9.94. The van der Waals surface area contributed by atoms with E-state index in [4.69, 9.17) is 16.7 Å². The third kappa shape index (κ3) is 3.74. The summed E-state index contributed by atoms with van der Waals surface area (Å²) in [6.07, 6.45) is 1.31. The first-order valence-electron chi connectivity index (χ1n) is 7.02. The molecule has 0 bridgehead atoms. The molecular weight excluding hydrogens is 350 g/mol. The van der Waals surface area contributed by atoms with Crippen molar-refractivity contribution in [3.63, 3.8) is 0 Å². The van der Waals surface area contributed by atoms with Gasteiger partial charge in [-0.3, -0.25) is 9.59 Å². The highest BCUT2D eigenvalue weighted by Crippen LogP contribution is 2.28. The molecule has 1 aromatic carbocycles. The number of hydrogen-bond acceptors (Lipinski definition) is 5. The maximum Gasteiger partial charge on any atom is 0.304 e. The molecule has 0 saturated heterocycles. The Morgan fingerprint density at radius 2 is 2.00 bits per heavy atom. The van der Waals surface area contributed by atoms with Gasteiger partial charge in [-0.15, -0.1) is 0 Å². The molecule has 0 spiro atoms. The predicted molar refractivity (Wildman–Crippen MR) is 91.6 cm³/mol. The van der Waals surface area contributed by atoms with Crippen molar-refractivity contribution in [1.29, 1.82) is 0 Å². The highest BCUT2D eigenvalue weighted by atomic mass is 35.5. The van der Waals surface area contributed by atoms with Crippen molar-refractivity contribution >= 4 is 46.3 Å². The number of ketones is 1. The van der Waals surface area contributed by atoms with Gasteiger partial charge >= 0.3 is 5.97 Å². The number of Topliss-reactive ketones (excluding diaryl/α,β-unsaturated/α-hetero) is 1. The molecule has 3 rings (SSSR count). The van der Waals surface area contributed by atoms with Crippen LogP contribution in [0.15, 0.2) is 47.8 Å². The first-order valence-corrected chi connectivity index (χ1v) is 8.27. The number of aromatic amines is 1. The van der Waals surface area contributed by atoms with E-state index in [0.717, 1.165) is 17.3 Å². The third-order valence-electron chi connectivity index (χ3n) is 3.27. The van der Waals surface area contributed by atoms with Gasteiger partial charge in [0, 0.05) is 16.8 Å². The molecule has 0 aliphatic rings. The van der Waals surface area contributed by atoms with Crippen LogP contribution in [-0.2, 0) is 4.79 Å². The van der Waals surface area contributed by atoms with Gasteiger partial charge in [0.1, 0.15) is 0 Å². The summed E-state index contributed by atoms with van der Waals surface area (Å²) in [4.78, 5) is 35.2. The van der Waals surface area contributed by atoms with E-state index in [2.05, 4.69) is 15.0 Å². The standard InChI is InChI=1S/C16H12ClN3O3S/c17-10-5-3-9(4-6-10)14(23)12(8-13(21)22)24-16-19-11-2-1-7-18-15(11)20-16/h1-7,12H,8H2,(H,21,22)(H,18,19,20). The Labute approximate surface area is 146 Å². The Balaban J connectivity index is 1.86. The molecule has 1 unspecified atom stereocenters. The third-order valence-corrected chi connectivity index (χ3v) is 4.60. The lowest BCUT2D eigenvalue weighted by Gasteiger charge is -2.12. The highest BCUT2D eigenvalue weighted by molar-refractivity contribution is 8.00. The first-order chi connectivity index (χ1) is 11.5. The van der Waals surface area contributed by atoms with Crippen molar-refractivity contribution in [2.24, 2.45) is 0 Å². The van der Waals surface area contributed by atoms with Gasteiger partial charge < -0.3 is 10.1 Å². The Morgan fingerprint density at radius 1 is 1.25 bits per heavy atom. The molecule has 1 atom stereocenters. The van der Waals surface area contributed by atoms with E-state index in [1.807, 2.05) is 6.07 Å². The molecule has 24 heavy (non-hydrogen) atoms. The summed E-state index contributed by atoms with van der Waals surface area (Å²) in [6.45, 7) is 0. The summed E-state index contributed by atoms with van der Waals surface area (Å²) < 4.78 is 0. The number of nitrogens with one attached hydrogen (secondary N) is 1. The smallest absolute Gasteiger partial charge is 0.304 e. The van der Waals surface area contributed by atoms with Crippen molar-refractivity contribution in [3.8, 4) is 0 Å². The zero-order valence-corrected chi connectivity index (χ0v) is 13.8. The van der Waals surface area contributed by atoms with Crippen molar-refractivity contribution in [2.75, 3.05) is 0 Å². The van der Waals surface area contributed by atoms with Gasteiger partial charge in [-0.2, -0.15) is 0 Å². The number of rotatable bonds is 6. The van der Waals surface area contributed by atoms with Gasteiger partial charge in [-0.1, -0.05) is 23.4 Å². The van der Waals surface area contributed by atoms with Crippen LogP contribution in [0.3, 0.4) is 0 Å². The molecule has 0 saturated carbocycles. The number of aromatic nitrogens is 3. The second-order valence-corrected chi connectivity index (χ2v) is 6.62. The fourth-order valence-electron chi connectivity index (χ4n) is 2.16. The number of imidazole rings is 1. The Hall–Kier alpha value is -2.38. The largest absolute Gasteiger partial charge is 0.481 e. The van der Waals surface area contributed by atoms with Crippen LogP contribution >= 0.6 is 23.4 Å². The first kappa shape index (κ1) is 16.5. The number of hydrogen-bond donors (Lipinski definition) is 2. The predicted octanol–water partition coefficient (Wildman–Crippen LogP) is 3.43. The average Bonchev–Trinajstić information content (AvgIpc) is 2.96.